The lowest BCUT2D eigenvalue weighted by atomic mass is 9.81. The molecule has 0 saturated carbocycles. The normalized spacial score (nSPS) is 20.7. The lowest BCUT2D eigenvalue weighted by Crippen LogP contribution is -2.44. The van der Waals surface area contributed by atoms with Crippen molar-refractivity contribution in [1.29, 1.82) is 0 Å². The maximum absolute atomic E-state index is 12.0. The molecule has 0 aliphatic carbocycles. The molecular formula is C33H44ClN3O5S. The molecule has 3 N–H and O–H groups in total. The minimum absolute atomic E-state index is 0.140. The van der Waals surface area contributed by atoms with E-state index in [1.165, 1.54) is 10.4 Å². The molecular weight excluding hydrogens is 586 g/mol. The fourth-order valence-corrected chi connectivity index (χ4v) is 7.29. The molecule has 8 nitrogen and oxygen atoms in total. The quantitative estimate of drug-likeness (QED) is 0.197. The summed E-state index contributed by atoms with van der Waals surface area (Å²) in [6.45, 7) is 4.26. The number of fused-ring (bicyclic) bond motifs is 1. The van der Waals surface area contributed by atoms with E-state index in [-0.39, 0.29) is 17.8 Å². The third-order valence-electron chi connectivity index (χ3n) is 8.64. The van der Waals surface area contributed by atoms with Gasteiger partial charge in [-0.25, -0.2) is 0 Å². The van der Waals surface area contributed by atoms with Crippen molar-refractivity contribution >= 4 is 45.8 Å². The summed E-state index contributed by atoms with van der Waals surface area (Å²) in [5.41, 5.74) is 2.22. The van der Waals surface area contributed by atoms with Gasteiger partial charge in [0.1, 0.15) is 5.75 Å². The zero-order chi connectivity index (χ0) is 30.6. The van der Waals surface area contributed by atoms with Crippen LogP contribution in [-0.4, -0.2) is 71.9 Å². The van der Waals surface area contributed by atoms with E-state index in [1.54, 1.807) is 18.4 Å². The van der Waals surface area contributed by atoms with E-state index >= 15 is 0 Å². The van der Waals surface area contributed by atoms with Crippen LogP contribution in [0.15, 0.2) is 42.6 Å². The summed E-state index contributed by atoms with van der Waals surface area (Å²) in [5, 5.41) is 22.6. The number of likely N-dealkylation sites (tertiary alicyclic amines) is 1. The molecule has 0 spiro atoms. The van der Waals surface area contributed by atoms with Crippen LogP contribution in [0.1, 0.15) is 55.4 Å². The number of carboxylic acid groups (broad SMARTS) is 2. The van der Waals surface area contributed by atoms with Crippen LogP contribution in [0.25, 0.3) is 10.9 Å². The second kappa shape index (κ2) is 16.9. The van der Waals surface area contributed by atoms with Gasteiger partial charge in [0.05, 0.1) is 28.8 Å². The zero-order valence-electron chi connectivity index (χ0n) is 25.0. The standard InChI is InChI=1S/C27H33ClN2O3S.C6H11NO2/c1-33-21-8-10-25-23(17-21)19(12-14-29-25)5-4-6-20-13-16-30(18-24(20)27(31)32)15-3-2-7-22-9-11-26(28)34-22;8-6(9)5-2-1-3-7-4-5/h8-12,14,17,20,24H,2-7,13,15-16,18H2,1H3,(H,31,32);5,7H,1-4H2,(H,8,9)/t20-,24+;/m1./s1. The second-order valence-electron chi connectivity index (χ2n) is 11.6. The minimum atomic E-state index is -0.665. The van der Waals surface area contributed by atoms with Crippen molar-refractivity contribution in [3.63, 3.8) is 0 Å². The van der Waals surface area contributed by atoms with Crippen LogP contribution in [0.4, 0.5) is 0 Å². The Labute approximate surface area is 263 Å². The smallest absolute Gasteiger partial charge is 0.308 e. The van der Waals surface area contributed by atoms with Crippen LogP contribution in [-0.2, 0) is 22.4 Å². The third kappa shape index (κ3) is 10.2. The van der Waals surface area contributed by atoms with Gasteiger partial charge in [0, 0.05) is 29.5 Å². The summed E-state index contributed by atoms with van der Waals surface area (Å²) < 4.78 is 6.23. The topological polar surface area (TPSA) is 112 Å². The third-order valence-corrected chi connectivity index (χ3v) is 9.93. The van der Waals surface area contributed by atoms with Crippen LogP contribution in [0.5, 0.6) is 5.75 Å². The van der Waals surface area contributed by atoms with Gasteiger partial charge in [0.15, 0.2) is 0 Å². The Bertz CT molecular complexity index is 1330. The Hall–Kier alpha value is -2.72. The number of ether oxygens (including phenoxy) is 1. The monoisotopic (exact) mass is 629 g/mol. The number of carbonyl (C=O) groups is 2. The molecule has 4 heterocycles. The highest BCUT2D eigenvalue weighted by atomic mass is 35.5. The number of thiophene rings is 1. The number of aryl methyl sites for hydroxylation is 2. The molecule has 3 aromatic rings. The predicted octanol–water partition coefficient (Wildman–Crippen LogP) is 6.40. The predicted molar refractivity (Wildman–Crippen MR) is 172 cm³/mol. The maximum atomic E-state index is 12.0. The molecule has 0 amide bonds. The fourth-order valence-electron chi connectivity index (χ4n) is 6.16. The lowest BCUT2D eigenvalue weighted by Gasteiger charge is -2.36. The van der Waals surface area contributed by atoms with Crippen molar-refractivity contribution in [3.05, 3.63) is 57.4 Å². The van der Waals surface area contributed by atoms with Gasteiger partial charge in [-0.15, -0.1) is 11.3 Å². The molecule has 1 unspecified atom stereocenters. The van der Waals surface area contributed by atoms with Crippen molar-refractivity contribution in [2.45, 2.75) is 57.8 Å². The SMILES string of the molecule is COc1ccc2nccc(CCC[C@@H]3CCN(CCCCc4ccc(Cl)s4)C[C@@H]3C(=O)O)c2c1.O=C(O)C1CCCNC1. The Morgan fingerprint density at radius 1 is 1.09 bits per heavy atom. The van der Waals surface area contributed by atoms with Gasteiger partial charge in [-0.05, 0) is 125 Å². The molecule has 43 heavy (non-hydrogen) atoms. The van der Waals surface area contributed by atoms with Gasteiger partial charge in [-0.2, -0.15) is 0 Å². The molecule has 2 aliphatic heterocycles. The number of rotatable bonds is 12. The van der Waals surface area contributed by atoms with Gasteiger partial charge < -0.3 is 25.2 Å². The Kier molecular flexibility index (Phi) is 13.1. The van der Waals surface area contributed by atoms with E-state index in [1.807, 2.05) is 30.5 Å². The van der Waals surface area contributed by atoms with Crippen LogP contribution in [0.2, 0.25) is 4.34 Å². The molecule has 10 heteroatoms. The minimum Gasteiger partial charge on any atom is -0.497 e. The van der Waals surface area contributed by atoms with Crippen molar-refractivity contribution in [2.75, 3.05) is 39.8 Å². The summed E-state index contributed by atoms with van der Waals surface area (Å²) in [4.78, 5) is 30.5. The van der Waals surface area contributed by atoms with E-state index in [0.29, 0.717) is 13.1 Å². The molecule has 2 aromatic heterocycles. The number of pyridine rings is 1. The number of hydrogen-bond donors (Lipinski definition) is 3. The average molecular weight is 630 g/mol. The number of methoxy groups -OCH3 is 1. The lowest BCUT2D eigenvalue weighted by molar-refractivity contribution is -0.146. The molecule has 2 fully saturated rings. The first-order chi connectivity index (χ1) is 20.8. The Balaban J connectivity index is 0.000000403. The second-order valence-corrected chi connectivity index (χ2v) is 13.4. The summed E-state index contributed by atoms with van der Waals surface area (Å²) in [5.74, 6) is -0.661. The number of aliphatic carboxylic acids is 2. The number of piperidine rings is 2. The number of nitrogens with one attached hydrogen (secondary N) is 1. The van der Waals surface area contributed by atoms with Crippen molar-refractivity contribution in [1.82, 2.24) is 15.2 Å². The van der Waals surface area contributed by atoms with E-state index in [4.69, 9.17) is 21.4 Å². The molecule has 0 radical (unpaired) electrons. The van der Waals surface area contributed by atoms with Crippen molar-refractivity contribution in [2.24, 2.45) is 17.8 Å². The van der Waals surface area contributed by atoms with Crippen LogP contribution in [0.3, 0.4) is 0 Å². The maximum Gasteiger partial charge on any atom is 0.308 e. The van der Waals surface area contributed by atoms with Gasteiger partial charge in [0.2, 0.25) is 0 Å². The number of nitrogens with zero attached hydrogens (tertiary/aromatic N) is 2. The number of benzene rings is 1. The van der Waals surface area contributed by atoms with Crippen molar-refractivity contribution < 1.29 is 24.5 Å². The van der Waals surface area contributed by atoms with Gasteiger partial charge in [-0.1, -0.05) is 11.6 Å². The average Bonchev–Trinajstić information content (AvgIpc) is 3.45. The number of aromatic nitrogens is 1. The highest BCUT2D eigenvalue weighted by Crippen LogP contribution is 2.30. The fraction of sp³-hybridized carbons (Fsp3) is 0.545. The molecule has 234 valence electrons. The molecule has 3 atom stereocenters. The number of carboxylic acids is 2. The summed E-state index contributed by atoms with van der Waals surface area (Å²) in [6.07, 6.45) is 10.7. The van der Waals surface area contributed by atoms with Crippen LogP contribution >= 0.6 is 22.9 Å². The number of halogens is 1. The number of unbranched alkanes of at least 4 members (excludes halogenated alkanes) is 1. The van der Waals surface area contributed by atoms with E-state index in [0.717, 1.165) is 98.4 Å². The zero-order valence-corrected chi connectivity index (χ0v) is 26.5. The molecule has 2 saturated heterocycles. The van der Waals surface area contributed by atoms with Crippen LogP contribution < -0.4 is 10.1 Å². The summed E-state index contributed by atoms with van der Waals surface area (Å²) in [6, 6.07) is 12.1. The van der Waals surface area contributed by atoms with Gasteiger partial charge >= 0.3 is 11.9 Å². The summed E-state index contributed by atoms with van der Waals surface area (Å²) >= 11 is 7.66. The van der Waals surface area contributed by atoms with Gasteiger partial charge in [0.25, 0.3) is 0 Å². The highest BCUT2D eigenvalue weighted by molar-refractivity contribution is 7.16. The highest BCUT2D eigenvalue weighted by Gasteiger charge is 2.33. The molecule has 2 aliphatic rings. The molecule has 5 rings (SSSR count). The van der Waals surface area contributed by atoms with E-state index in [2.05, 4.69) is 27.3 Å². The number of hydrogen-bond acceptors (Lipinski definition) is 7. The largest absolute Gasteiger partial charge is 0.497 e. The van der Waals surface area contributed by atoms with Crippen molar-refractivity contribution in [3.8, 4) is 5.75 Å². The first kappa shape index (κ1) is 33.2. The molecule has 1 aromatic carbocycles. The van der Waals surface area contributed by atoms with Gasteiger partial charge in [-0.3, -0.25) is 14.6 Å². The first-order valence-corrected chi connectivity index (χ1v) is 16.6. The van der Waals surface area contributed by atoms with Crippen LogP contribution in [0, 0.1) is 17.8 Å². The van der Waals surface area contributed by atoms with E-state index in [9.17, 15) is 14.7 Å². The summed E-state index contributed by atoms with van der Waals surface area (Å²) in [7, 11) is 1.68. The first-order valence-electron chi connectivity index (χ1n) is 15.4. The van der Waals surface area contributed by atoms with E-state index < -0.39 is 11.9 Å². The Morgan fingerprint density at radius 2 is 1.95 bits per heavy atom. The Morgan fingerprint density at radius 3 is 2.63 bits per heavy atom. The molecule has 0 bridgehead atoms.